The van der Waals surface area contributed by atoms with E-state index in [4.69, 9.17) is 32.7 Å². The summed E-state index contributed by atoms with van der Waals surface area (Å²) in [6.07, 6.45) is 0. The number of benzene rings is 2. The number of carbonyl (C=O) groups is 1. The van der Waals surface area contributed by atoms with E-state index in [1.54, 1.807) is 25.1 Å². The van der Waals surface area contributed by atoms with E-state index in [1.165, 1.54) is 25.3 Å². The van der Waals surface area contributed by atoms with Crippen LogP contribution in [0, 0.1) is 5.82 Å². The topological polar surface area (TPSA) is 47.6 Å². The minimum atomic E-state index is -0.486. The fraction of sp³-hybridized carbons (Fsp3) is 0.235. The summed E-state index contributed by atoms with van der Waals surface area (Å²) >= 11 is 11.8. The van der Waals surface area contributed by atoms with E-state index in [-0.39, 0.29) is 24.3 Å². The van der Waals surface area contributed by atoms with E-state index in [9.17, 15) is 9.18 Å². The van der Waals surface area contributed by atoms with Gasteiger partial charge in [0.25, 0.3) is 5.91 Å². The number of carbonyl (C=O) groups excluding carboxylic acids is 1. The molecule has 0 heterocycles. The Hall–Kier alpha value is -1.98. The molecule has 0 fully saturated rings. The molecule has 128 valence electrons. The Kier molecular flexibility index (Phi) is 6.29. The maximum Gasteiger partial charge on any atom is 0.258 e. The average Bonchev–Trinajstić information content (AvgIpc) is 2.53. The number of methoxy groups -OCH3 is 1. The molecule has 0 aromatic heterocycles. The van der Waals surface area contributed by atoms with Gasteiger partial charge in [-0.15, -0.1) is 0 Å². The zero-order chi connectivity index (χ0) is 17.7. The first-order valence-corrected chi connectivity index (χ1v) is 7.87. The average molecular weight is 372 g/mol. The lowest BCUT2D eigenvalue weighted by Gasteiger charge is -2.16. The second-order valence-electron chi connectivity index (χ2n) is 5.05. The molecule has 2 rings (SSSR count). The van der Waals surface area contributed by atoms with Gasteiger partial charge in [-0.2, -0.15) is 0 Å². The lowest BCUT2D eigenvalue weighted by Crippen LogP contribution is -2.31. The number of nitrogens with one attached hydrogen (secondary N) is 1. The van der Waals surface area contributed by atoms with Gasteiger partial charge in [0.1, 0.15) is 5.75 Å². The molecule has 7 heteroatoms. The second-order valence-corrected chi connectivity index (χ2v) is 5.89. The van der Waals surface area contributed by atoms with Crippen LogP contribution in [0.25, 0.3) is 0 Å². The van der Waals surface area contributed by atoms with Gasteiger partial charge in [-0.3, -0.25) is 4.79 Å². The van der Waals surface area contributed by atoms with E-state index < -0.39 is 5.82 Å². The van der Waals surface area contributed by atoms with Gasteiger partial charge < -0.3 is 14.8 Å². The number of amides is 1. The van der Waals surface area contributed by atoms with Crippen LogP contribution in [0.3, 0.4) is 0 Å². The van der Waals surface area contributed by atoms with Crippen molar-refractivity contribution < 1.29 is 18.7 Å². The van der Waals surface area contributed by atoms with Gasteiger partial charge in [0.15, 0.2) is 18.2 Å². The van der Waals surface area contributed by atoms with E-state index in [0.717, 1.165) is 0 Å². The van der Waals surface area contributed by atoms with Gasteiger partial charge >= 0.3 is 0 Å². The van der Waals surface area contributed by atoms with Crippen LogP contribution in [0.1, 0.15) is 18.5 Å². The zero-order valence-corrected chi connectivity index (χ0v) is 14.6. The smallest absolute Gasteiger partial charge is 0.258 e. The molecule has 1 atom stereocenters. The Morgan fingerprint density at radius 2 is 1.92 bits per heavy atom. The van der Waals surface area contributed by atoms with E-state index in [0.29, 0.717) is 21.4 Å². The van der Waals surface area contributed by atoms with Crippen molar-refractivity contribution in [3.05, 3.63) is 57.8 Å². The van der Waals surface area contributed by atoms with Crippen molar-refractivity contribution in [2.45, 2.75) is 13.0 Å². The van der Waals surface area contributed by atoms with Crippen LogP contribution in [-0.4, -0.2) is 19.6 Å². The van der Waals surface area contributed by atoms with Crippen molar-refractivity contribution in [2.24, 2.45) is 0 Å². The summed E-state index contributed by atoms with van der Waals surface area (Å²) in [7, 11) is 1.39. The van der Waals surface area contributed by atoms with Gasteiger partial charge in [0, 0.05) is 5.02 Å². The lowest BCUT2D eigenvalue weighted by molar-refractivity contribution is -0.123. The van der Waals surface area contributed by atoms with Gasteiger partial charge in [0.2, 0.25) is 0 Å². The predicted molar refractivity (Wildman–Crippen MR) is 91.5 cm³/mol. The van der Waals surface area contributed by atoms with Crippen molar-refractivity contribution in [1.29, 1.82) is 0 Å². The zero-order valence-electron chi connectivity index (χ0n) is 13.1. The monoisotopic (exact) mass is 371 g/mol. The summed E-state index contributed by atoms with van der Waals surface area (Å²) in [6.45, 7) is 1.53. The van der Waals surface area contributed by atoms with Crippen molar-refractivity contribution in [3.8, 4) is 11.5 Å². The van der Waals surface area contributed by atoms with Crippen LogP contribution in [0.5, 0.6) is 11.5 Å². The quantitative estimate of drug-likeness (QED) is 0.818. The molecule has 0 aliphatic carbocycles. The highest BCUT2D eigenvalue weighted by atomic mass is 35.5. The lowest BCUT2D eigenvalue weighted by atomic mass is 10.1. The molecule has 4 nitrogen and oxygen atoms in total. The molecule has 0 aliphatic heterocycles. The summed E-state index contributed by atoms with van der Waals surface area (Å²) in [5, 5.41) is 3.52. The number of ether oxygens (including phenoxy) is 2. The Bertz CT molecular complexity index is 740. The Morgan fingerprint density at radius 3 is 2.54 bits per heavy atom. The molecule has 1 N–H and O–H groups in total. The molecule has 1 unspecified atom stereocenters. The molecule has 0 spiro atoms. The fourth-order valence-corrected chi connectivity index (χ4v) is 2.52. The fourth-order valence-electron chi connectivity index (χ4n) is 2.05. The summed E-state index contributed by atoms with van der Waals surface area (Å²) in [5.41, 5.74) is 0.617. The molecular formula is C17H16Cl2FNO3. The molecule has 1 amide bonds. The molecular weight excluding hydrogens is 356 g/mol. The molecule has 0 saturated carbocycles. The first-order valence-electron chi connectivity index (χ1n) is 7.11. The molecule has 2 aromatic carbocycles. The van der Waals surface area contributed by atoms with E-state index in [1.807, 2.05) is 0 Å². The molecule has 0 saturated heterocycles. The van der Waals surface area contributed by atoms with Crippen LogP contribution >= 0.6 is 23.2 Å². The number of hydrogen-bond acceptors (Lipinski definition) is 3. The van der Waals surface area contributed by atoms with E-state index in [2.05, 4.69) is 5.32 Å². The van der Waals surface area contributed by atoms with Gasteiger partial charge in [-0.05, 0) is 42.8 Å². The summed E-state index contributed by atoms with van der Waals surface area (Å²) in [5.74, 6) is -0.331. The first kappa shape index (κ1) is 18.4. The molecule has 0 aliphatic rings. The highest BCUT2D eigenvalue weighted by Gasteiger charge is 2.13. The Balaban J connectivity index is 1.93. The van der Waals surface area contributed by atoms with E-state index >= 15 is 0 Å². The van der Waals surface area contributed by atoms with Crippen LogP contribution in [-0.2, 0) is 4.79 Å². The maximum absolute atomic E-state index is 13.7. The third-order valence-electron chi connectivity index (χ3n) is 3.31. The molecule has 2 aromatic rings. The van der Waals surface area contributed by atoms with Crippen molar-refractivity contribution >= 4 is 29.1 Å². The van der Waals surface area contributed by atoms with Crippen LogP contribution in [0.2, 0.25) is 10.0 Å². The van der Waals surface area contributed by atoms with Gasteiger partial charge in [0.05, 0.1) is 18.2 Å². The van der Waals surface area contributed by atoms with Crippen LogP contribution in [0.15, 0.2) is 36.4 Å². The molecule has 0 bridgehead atoms. The van der Waals surface area contributed by atoms with Crippen molar-refractivity contribution in [1.82, 2.24) is 5.32 Å². The number of hydrogen-bond donors (Lipinski definition) is 1. The van der Waals surface area contributed by atoms with Crippen LogP contribution < -0.4 is 14.8 Å². The Morgan fingerprint density at radius 1 is 1.21 bits per heavy atom. The normalized spacial score (nSPS) is 11.7. The molecule has 0 radical (unpaired) electrons. The summed E-state index contributed by atoms with van der Waals surface area (Å²) in [6, 6.07) is 8.85. The largest absolute Gasteiger partial charge is 0.494 e. The highest BCUT2D eigenvalue weighted by molar-refractivity contribution is 6.35. The van der Waals surface area contributed by atoms with Crippen LogP contribution in [0.4, 0.5) is 4.39 Å². The van der Waals surface area contributed by atoms with Crippen molar-refractivity contribution in [2.75, 3.05) is 13.7 Å². The standard InChI is InChI=1S/C17H16Cl2FNO3/c1-10(11-3-5-16(23-2)14(20)7-11)21-17(22)9-24-15-6-4-12(18)8-13(15)19/h3-8,10H,9H2,1-2H3,(H,21,22). The number of rotatable bonds is 6. The van der Waals surface area contributed by atoms with Gasteiger partial charge in [-0.1, -0.05) is 29.3 Å². The first-order chi connectivity index (χ1) is 11.4. The molecule has 24 heavy (non-hydrogen) atoms. The summed E-state index contributed by atoms with van der Waals surface area (Å²) in [4.78, 5) is 12.0. The van der Waals surface area contributed by atoms with Gasteiger partial charge in [-0.25, -0.2) is 4.39 Å². The SMILES string of the molecule is COc1ccc(C(C)NC(=O)COc2ccc(Cl)cc2Cl)cc1F. The predicted octanol–water partition coefficient (Wildman–Crippen LogP) is 4.40. The highest BCUT2D eigenvalue weighted by Crippen LogP contribution is 2.27. The third-order valence-corrected chi connectivity index (χ3v) is 3.84. The third kappa shape index (κ3) is 4.76. The number of halogens is 3. The Labute approximate surface area is 149 Å². The maximum atomic E-state index is 13.7. The minimum absolute atomic E-state index is 0.151. The second kappa shape index (κ2) is 8.22. The minimum Gasteiger partial charge on any atom is -0.494 e. The van der Waals surface area contributed by atoms with Crippen molar-refractivity contribution in [3.63, 3.8) is 0 Å². The summed E-state index contributed by atoms with van der Waals surface area (Å²) < 4.78 is 23.9.